The monoisotopic (exact) mass is 705 g/mol. The van der Waals surface area contributed by atoms with E-state index in [1.54, 1.807) is 21.4 Å². The summed E-state index contributed by atoms with van der Waals surface area (Å²) in [6, 6.07) is 10.5. The molecule has 7 rings (SSSR count). The van der Waals surface area contributed by atoms with Crippen molar-refractivity contribution in [3.05, 3.63) is 99.7 Å². The van der Waals surface area contributed by atoms with Crippen molar-refractivity contribution < 1.29 is 20.4 Å². The summed E-state index contributed by atoms with van der Waals surface area (Å²) in [6.07, 6.45) is 4.71. The van der Waals surface area contributed by atoms with Crippen molar-refractivity contribution in [1.82, 2.24) is 49.4 Å². The second-order valence-corrected chi connectivity index (χ2v) is 11.8. The fraction of sp³-hybridized carbons (Fsp3) is 0.469. The number of nitrogens with one attached hydrogen (secondary N) is 3. The molecule has 4 aromatic heterocycles. The summed E-state index contributed by atoms with van der Waals surface area (Å²) < 4.78 is 3.39. The van der Waals surface area contributed by atoms with Crippen molar-refractivity contribution in [1.29, 1.82) is 0 Å². The van der Waals surface area contributed by atoms with Crippen LogP contribution in [-0.4, -0.2) is 70.2 Å². The number of hydrogen-bond acceptors (Lipinski definition) is 8. The Balaban J connectivity index is 0.000000206. The van der Waals surface area contributed by atoms with Gasteiger partial charge in [0.1, 0.15) is 23.3 Å². The zero-order chi connectivity index (χ0) is 30.1. The molecule has 6 heterocycles. The number of aromatic nitrogens is 8. The molecule has 0 bridgehead atoms. The van der Waals surface area contributed by atoms with Crippen LogP contribution in [0.2, 0.25) is 0 Å². The second-order valence-electron chi connectivity index (χ2n) is 11.8. The summed E-state index contributed by atoms with van der Waals surface area (Å²) in [5.41, 5.74) is 2.15. The number of benzene rings is 1. The predicted octanol–water partition coefficient (Wildman–Crippen LogP) is 2.97. The molecule has 4 atom stereocenters. The van der Waals surface area contributed by atoms with Gasteiger partial charge in [-0.1, -0.05) is 58.0 Å². The van der Waals surface area contributed by atoms with Gasteiger partial charge in [-0.2, -0.15) is 10.2 Å². The van der Waals surface area contributed by atoms with Gasteiger partial charge < -0.3 is 22.7 Å². The molecule has 4 unspecified atom stereocenters. The molecule has 244 valence electrons. The number of rotatable bonds is 6. The molecule has 0 saturated carbocycles. The molecule has 13 heteroatoms. The fourth-order valence-corrected chi connectivity index (χ4v) is 6.31. The predicted molar refractivity (Wildman–Crippen MR) is 171 cm³/mol. The largest absolute Gasteiger partial charge is 0.358 e. The molecule has 0 aliphatic carbocycles. The van der Waals surface area contributed by atoms with E-state index < -0.39 is 0 Å². The second kappa shape index (κ2) is 14.7. The van der Waals surface area contributed by atoms with Crippen molar-refractivity contribution in [2.24, 2.45) is 11.8 Å². The first-order valence-electron chi connectivity index (χ1n) is 15.3. The van der Waals surface area contributed by atoms with Crippen LogP contribution in [0.3, 0.4) is 0 Å². The van der Waals surface area contributed by atoms with Gasteiger partial charge in [-0.05, 0) is 23.9 Å². The first-order chi connectivity index (χ1) is 20.9. The Kier molecular flexibility index (Phi) is 11.3. The van der Waals surface area contributed by atoms with Crippen molar-refractivity contribution in [2.45, 2.75) is 58.9 Å². The van der Waals surface area contributed by atoms with E-state index in [9.17, 15) is 9.59 Å². The first-order valence-corrected chi connectivity index (χ1v) is 15.3. The van der Waals surface area contributed by atoms with Gasteiger partial charge >= 0.3 is 0 Å². The van der Waals surface area contributed by atoms with E-state index in [2.05, 4.69) is 73.4 Å². The molecular weight excluding hydrogens is 663 g/mol. The molecule has 2 fully saturated rings. The van der Waals surface area contributed by atoms with E-state index in [4.69, 9.17) is 5.10 Å². The fourth-order valence-electron chi connectivity index (χ4n) is 6.31. The third kappa shape index (κ3) is 7.02. The summed E-state index contributed by atoms with van der Waals surface area (Å²) in [7, 11) is 0. The number of aromatic amines is 2. The Morgan fingerprint density at radius 3 is 1.84 bits per heavy atom. The van der Waals surface area contributed by atoms with E-state index in [1.807, 2.05) is 19.9 Å². The number of likely N-dealkylation sites (tertiary alicyclic amines) is 1. The Morgan fingerprint density at radius 1 is 0.778 bits per heavy atom. The van der Waals surface area contributed by atoms with E-state index in [1.165, 1.54) is 5.56 Å². The number of nitrogens with zero attached hydrogens (tertiary/aromatic N) is 7. The zero-order valence-corrected chi connectivity index (χ0v) is 28.1. The number of fused-ring (bicyclic) bond motifs is 2. The van der Waals surface area contributed by atoms with Crippen molar-refractivity contribution in [3.63, 3.8) is 0 Å². The summed E-state index contributed by atoms with van der Waals surface area (Å²) in [5, 5.41) is 12.6. The summed E-state index contributed by atoms with van der Waals surface area (Å²) >= 11 is 0. The van der Waals surface area contributed by atoms with Gasteiger partial charge in [-0.25, -0.2) is 19.0 Å². The van der Waals surface area contributed by atoms with Gasteiger partial charge in [-0.15, -0.1) is 0 Å². The van der Waals surface area contributed by atoms with Crippen molar-refractivity contribution >= 4 is 11.0 Å². The van der Waals surface area contributed by atoms with Gasteiger partial charge in [0.25, 0.3) is 11.1 Å². The molecule has 0 amide bonds. The van der Waals surface area contributed by atoms with Crippen LogP contribution >= 0.6 is 0 Å². The Bertz CT molecular complexity index is 1830. The minimum atomic E-state index is -0.106. The molecular formula is C32H43N10O2Pd-. The van der Waals surface area contributed by atoms with Crippen LogP contribution < -0.4 is 16.4 Å². The average Bonchev–Trinajstić information content (AvgIpc) is 3.80. The first kappa shape index (κ1) is 34.4. The van der Waals surface area contributed by atoms with E-state index in [0.717, 1.165) is 68.9 Å². The van der Waals surface area contributed by atoms with Crippen molar-refractivity contribution in [3.8, 4) is 0 Å². The van der Waals surface area contributed by atoms with Gasteiger partial charge in [0, 0.05) is 71.3 Å². The maximum Gasteiger partial charge on any atom is 0.276 e. The summed E-state index contributed by atoms with van der Waals surface area (Å²) in [5.74, 6) is 4.62. The van der Waals surface area contributed by atoms with Gasteiger partial charge in [0.2, 0.25) is 0 Å². The summed E-state index contributed by atoms with van der Waals surface area (Å²) in [4.78, 5) is 41.3. The number of imidazole rings is 2. The topological polar surface area (TPSA) is 141 Å². The number of H-pyrrole nitrogens is 2. The minimum absolute atomic E-state index is 0. The molecule has 0 radical (unpaired) electrons. The maximum atomic E-state index is 12.4. The molecule has 1 aromatic carbocycles. The van der Waals surface area contributed by atoms with E-state index in [0.29, 0.717) is 22.9 Å². The van der Waals surface area contributed by atoms with Crippen LogP contribution in [0.25, 0.3) is 11.0 Å². The number of aryl methyl sites for hydroxylation is 2. The molecule has 3 N–H and O–H groups in total. The average molecular weight is 706 g/mol. The molecule has 2 saturated heterocycles. The number of hydrogen-bond donors (Lipinski definition) is 3. The van der Waals surface area contributed by atoms with Crippen LogP contribution in [0, 0.1) is 19.3 Å². The molecule has 2 aliphatic rings. The normalized spacial score (nSPS) is 21.3. The maximum absolute atomic E-state index is 12.4. The standard InChI is InChI=1S/C19H23N5O.C12H17N5O.CH3.Pd/c1-3-17-20-9-16-19(25)21-18(22-24(16)17)15-12-23(10-13(15)2)11-14-7-5-4-6-8-14;1-3-10-14-6-9-12(18)15-11(16-17(9)10)8-5-13-4-7(8)2;;/h4-9,13,15H,3,10-12H2,1-2H3,(H,21,22,25);6-8,13H,3-5H2,1-2H3,(H,15,16,18);1H3;/q;;-1;. The third-order valence-electron chi connectivity index (χ3n) is 8.77. The van der Waals surface area contributed by atoms with Crippen LogP contribution in [0.1, 0.15) is 68.4 Å². The quantitative estimate of drug-likeness (QED) is 0.181. The zero-order valence-electron chi connectivity index (χ0n) is 26.6. The molecule has 45 heavy (non-hydrogen) atoms. The SMILES string of the molecule is CCc1ncc2c(=O)[nH]c(C3CN(Cc4ccccc4)CC3C)nn12.CCc1ncc2c(=O)[nH]c(C3CNCC3C)nn12.[CH3-].[Pd]. The van der Waals surface area contributed by atoms with Gasteiger partial charge in [0.05, 0.1) is 12.4 Å². The molecule has 12 nitrogen and oxygen atoms in total. The van der Waals surface area contributed by atoms with Crippen LogP contribution in [0.5, 0.6) is 0 Å². The summed E-state index contributed by atoms with van der Waals surface area (Å²) in [6.45, 7) is 13.1. The van der Waals surface area contributed by atoms with Crippen LogP contribution in [-0.2, 0) is 39.8 Å². The Morgan fingerprint density at radius 2 is 1.33 bits per heavy atom. The van der Waals surface area contributed by atoms with Crippen LogP contribution in [0.15, 0.2) is 52.3 Å². The smallest absolute Gasteiger partial charge is 0.276 e. The molecule has 5 aromatic rings. The van der Waals surface area contributed by atoms with Crippen LogP contribution in [0.4, 0.5) is 0 Å². The third-order valence-corrected chi connectivity index (χ3v) is 8.77. The molecule has 0 spiro atoms. The van der Waals surface area contributed by atoms with E-state index >= 15 is 0 Å². The minimum Gasteiger partial charge on any atom is -0.358 e. The van der Waals surface area contributed by atoms with Gasteiger partial charge in [0.15, 0.2) is 11.0 Å². The Labute approximate surface area is 276 Å². The molecule has 2 aliphatic heterocycles. The Hall–Kier alpha value is -3.50. The van der Waals surface area contributed by atoms with Gasteiger partial charge in [-0.3, -0.25) is 14.5 Å². The van der Waals surface area contributed by atoms with E-state index in [-0.39, 0.29) is 50.8 Å². The van der Waals surface area contributed by atoms with Crippen molar-refractivity contribution in [2.75, 3.05) is 26.2 Å².